The van der Waals surface area contributed by atoms with Gasteiger partial charge < -0.3 is 14.8 Å². The molecule has 0 bridgehead atoms. The van der Waals surface area contributed by atoms with Gasteiger partial charge in [-0.25, -0.2) is 8.42 Å². The first-order valence-corrected chi connectivity index (χ1v) is 10.4. The summed E-state index contributed by atoms with van der Waals surface area (Å²) in [7, 11) is -3.50. The normalized spacial score (nSPS) is 25.7. The Labute approximate surface area is 148 Å². The summed E-state index contributed by atoms with van der Waals surface area (Å²) in [5.41, 5.74) is 0. The maximum absolute atomic E-state index is 13.0. The highest BCUT2D eigenvalue weighted by Gasteiger charge is 2.32. The molecule has 25 heavy (non-hydrogen) atoms. The maximum atomic E-state index is 13.0. The zero-order valence-electron chi connectivity index (χ0n) is 14.3. The van der Waals surface area contributed by atoms with Gasteiger partial charge in [0.25, 0.3) is 0 Å². The lowest BCUT2D eigenvalue weighted by atomic mass is 10.2. The SMILES string of the molecule is O=S(=O)(c1ccc2c(c1)OCCCO2)N1CCN(C2CCNC2)CC1. The third-order valence-electron chi connectivity index (χ3n) is 5.18. The zero-order chi connectivity index (χ0) is 17.3. The van der Waals surface area contributed by atoms with Crippen LogP contribution in [0.25, 0.3) is 0 Å². The van der Waals surface area contributed by atoms with Crippen molar-refractivity contribution in [3.05, 3.63) is 18.2 Å². The Morgan fingerprint density at radius 1 is 1.04 bits per heavy atom. The third-order valence-corrected chi connectivity index (χ3v) is 7.08. The molecule has 7 nitrogen and oxygen atoms in total. The Hall–Kier alpha value is -1.35. The predicted octanol–water partition coefficient (Wildman–Crippen LogP) is 0.516. The summed E-state index contributed by atoms with van der Waals surface area (Å²) in [6, 6.07) is 5.47. The molecule has 0 saturated carbocycles. The molecule has 8 heteroatoms. The van der Waals surface area contributed by atoms with E-state index in [0.717, 1.165) is 39.0 Å². The van der Waals surface area contributed by atoms with Crippen molar-refractivity contribution < 1.29 is 17.9 Å². The highest BCUT2D eigenvalue weighted by Crippen LogP contribution is 2.33. The van der Waals surface area contributed by atoms with Gasteiger partial charge in [-0.1, -0.05) is 0 Å². The summed E-state index contributed by atoms with van der Waals surface area (Å²) in [6.07, 6.45) is 1.95. The highest BCUT2D eigenvalue weighted by atomic mass is 32.2. The van der Waals surface area contributed by atoms with Crippen molar-refractivity contribution in [2.45, 2.75) is 23.8 Å². The monoisotopic (exact) mass is 367 g/mol. The Bertz CT molecular complexity index is 711. The summed E-state index contributed by atoms with van der Waals surface area (Å²) in [6.45, 7) is 5.85. The molecule has 0 amide bonds. The number of hydrogen-bond acceptors (Lipinski definition) is 6. The van der Waals surface area contributed by atoms with E-state index in [1.165, 1.54) is 0 Å². The van der Waals surface area contributed by atoms with Crippen molar-refractivity contribution in [1.82, 2.24) is 14.5 Å². The molecular formula is C17H25N3O4S. The van der Waals surface area contributed by atoms with Crippen LogP contribution in [0.2, 0.25) is 0 Å². The number of ether oxygens (including phenoxy) is 2. The lowest BCUT2D eigenvalue weighted by Crippen LogP contribution is -2.52. The molecule has 1 N–H and O–H groups in total. The lowest BCUT2D eigenvalue weighted by molar-refractivity contribution is 0.145. The van der Waals surface area contributed by atoms with Crippen molar-refractivity contribution in [1.29, 1.82) is 0 Å². The Morgan fingerprint density at radius 3 is 2.52 bits per heavy atom. The van der Waals surface area contributed by atoms with Crippen LogP contribution < -0.4 is 14.8 Å². The minimum absolute atomic E-state index is 0.285. The van der Waals surface area contributed by atoms with Gasteiger partial charge in [0, 0.05) is 51.3 Å². The summed E-state index contributed by atoms with van der Waals surface area (Å²) < 4.78 is 38.8. The maximum Gasteiger partial charge on any atom is 0.243 e. The van der Waals surface area contributed by atoms with E-state index < -0.39 is 10.0 Å². The van der Waals surface area contributed by atoms with Crippen LogP contribution in [0.1, 0.15) is 12.8 Å². The highest BCUT2D eigenvalue weighted by molar-refractivity contribution is 7.89. The molecule has 0 aliphatic carbocycles. The van der Waals surface area contributed by atoms with Gasteiger partial charge in [-0.05, 0) is 25.1 Å². The van der Waals surface area contributed by atoms with Gasteiger partial charge in [0.15, 0.2) is 11.5 Å². The number of fused-ring (bicyclic) bond motifs is 1. The van der Waals surface area contributed by atoms with Crippen molar-refractivity contribution in [2.24, 2.45) is 0 Å². The van der Waals surface area contributed by atoms with Crippen LogP contribution >= 0.6 is 0 Å². The molecule has 3 aliphatic rings. The molecule has 0 radical (unpaired) electrons. The molecule has 3 aliphatic heterocycles. The largest absolute Gasteiger partial charge is 0.490 e. The Balaban J connectivity index is 1.47. The van der Waals surface area contributed by atoms with E-state index in [4.69, 9.17) is 9.47 Å². The van der Waals surface area contributed by atoms with E-state index in [9.17, 15) is 8.42 Å². The minimum atomic E-state index is -3.50. The molecule has 0 aromatic heterocycles. The van der Waals surface area contributed by atoms with Gasteiger partial charge in [0.05, 0.1) is 18.1 Å². The minimum Gasteiger partial charge on any atom is -0.490 e. The summed E-state index contributed by atoms with van der Waals surface area (Å²) in [5.74, 6) is 1.14. The number of sulfonamides is 1. The van der Waals surface area contributed by atoms with Gasteiger partial charge in [-0.3, -0.25) is 4.90 Å². The van der Waals surface area contributed by atoms with E-state index in [1.54, 1.807) is 22.5 Å². The van der Waals surface area contributed by atoms with Crippen molar-refractivity contribution in [3.63, 3.8) is 0 Å². The summed E-state index contributed by atoms with van der Waals surface area (Å²) in [4.78, 5) is 2.69. The van der Waals surface area contributed by atoms with Crippen LogP contribution in [-0.4, -0.2) is 76.1 Å². The van der Waals surface area contributed by atoms with Crippen LogP contribution in [0.4, 0.5) is 0 Å². The molecule has 0 spiro atoms. The number of benzene rings is 1. The lowest BCUT2D eigenvalue weighted by Gasteiger charge is -2.37. The fourth-order valence-electron chi connectivity index (χ4n) is 3.71. The van der Waals surface area contributed by atoms with E-state index in [0.29, 0.717) is 43.8 Å². The van der Waals surface area contributed by atoms with Crippen molar-refractivity contribution >= 4 is 10.0 Å². The molecule has 1 aromatic rings. The summed E-state index contributed by atoms with van der Waals surface area (Å²) >= 11 is 0. The molecular weight excluding hydrogens is 342 g/mol. The van der Waals surface area contributed by atoms with Crippen LogP contribution in [0.5, 0.6) is 11.5 Å². The average molecular weight is 367 g/mol. The topological polar surface area (TPSA) is 71.1 Å². The van der Waals surface area contributed by atoms with Crippen LogP contribution in [0.15, 0.2) is 23.1 Å². The molecule has 1 atom stereocenters. The van der Waals surface area contributed by atoms with Crippen molar-refractivity contribution in [3.8, 4) is 11.5 Å². The van der Waals surface area contributed by atoms with Gasteiger partial charge in [0.1, 0.15) is 0 Å². The van der Waals surface area contributed by atoms with Crippen LogP contribution in [0.3, 0.4) is 0 Å². The fourth-order valence-corrected chi connectivity index (χ4v) is 5.15. The van der Waals surface area contributed by atoms with Crippen molar-refractivity contribution in [2.75, 3.05) is 52.5 Å². The first-order valence-electron chi connectivity index (χ1n) is 8.99. The molecule has 2 saturated heterocycles. The smallest absolute Gasteiger partial charge is 0.243 e. The molecule has 4 rings (SSSR count). The van der Waals surface area contributed by atoms with E-state index >= 15 is 0 Å². The summed E-state index contributed by atoms with van der Waals surface area (Å²) in [5, 5.41) is 3.37. The van der Waals surface area contributed by atoms with E-state index in [2.05, 4.69) is 10.2 Å². The second-order valence-electron chi connectivity index (χ2n) is 6.75. The van der Waals surface area contributed by atoms with Gasteiger partial charge >= 0.3 is 0 Å². The standard InChI is InChI=1S/C17H25N3O4S/c21-25(22,15-2-3-16-17(12-15)24-11-1-10-23-16)20-8-6-19(7-9-20)14-4-5-18-13-14/h2-3,12,14,18H,1,4-11,13H2. The second-order valence-corrected chi connectivity index (χ2v) is 8.68. The molecule has 3 heterocycles. The van der Waals surface area contributed by atoms with Gasteiger partial charge in [0.2, 0.25) is 10.0 Å². The molecule has 2 fully saturated rings. The quantitative estimate of drug-likeness (QED) is 0.840. The van der Waals surface area contributed by atoms with Crippen LogP contribution in [0, 0.1) is 0 Å². The first kappa shape index (κ1) is 17.1. The fraction of sp³-hybridized carbons (Fsp3) is 0.647. The number of hydrogen-bond donors (Lipinski definition) is 1. The predicted molar refractivity (Wildman–Crippen MR) is 93.7 cm³/mol. The third kappa shape index (κ3) is 3.48. The Morgan fingerprint density at radius 2 is 1.80 bits per heavy atom. The van der Waals surface area contributed by atoms with E-state index in [-0.39, 0.29) is 4.90 Å². The number of nitrogens with zero attached hydrogens (tertiary/aromatic N) is 2. The van der Waals surface area contributed by atoms with E-state index in [1.807, 2.05) is 0 Å². The molecule has 1 unspecified atom stereocenters. The first-order chi connectivity index (χ1) is 12.1. The van der Waals surface area contributed by atoms with Crippen LogP contribution in [-0.2, 0) is 10.0 Å². The number of nitrogens with one attached hydrogen (secondary N) is 1. The molecule has 138 valence electrons. The number of rotatable bonds is 3. The second kappa shape index (κ2) is 7.11. The van der Waals surface area contributed by atoms with Gasteiger partial charge in [-0.15, -0.1) is 0 Å². The molecule has 1 aromatic carbocycles. The number of piperazine rings is 1. The van der Waals surface area contributed by atoms with Gasteiger partial charge in [-0.2, -0.15) is 4.31 Å². The average Bonchev–Trinajstić information content (AvgIpc) is 3.07. The Kier molecular flexibility index (Phi) is 4.86. The zero-order valence-corrected chi connectivity index (χ0v) is 15.1.